The highest BCUT2D eigenvalue weighted by atomic mass is 32.2. The van der Waals surface area contributed by atoms with Gasteiger partial charge in [-0.1, -0.05) is 11.8 Å². The van der Waals surface area contributed by atoms with Crippen LogP contribution < -0.4 is 9.46 Å². The number of carbonyl (C=O) groups is 1. The van der Waals surface area contributed by atoms with E-state index in [0.29, 0.717) is 11.8 Å². The first kappa shape index (κ1) is 22.0. The first-order valence-electron chi connectivity index (χ1n) is 7.46. The summed E-state index contributed by atoms with van der Waals surface area (Å²) in [4.78, 5) is 11.5. The summed E-state index contributed by atoms with van der Waals surface area (Å²) in [5.74, 6) is -1.11. The highest BCUT2D eigenvalue weighted by Crippen LogP contribution is 2.25. The third kappa shape index (κ3) is 6.71. The van der Waals surface area contributed by atoms with Crippen molar-refractivity contribution < 1.29 is 41.3 Å². The van der Waals surface area contributed by atoms with Gasteiger partial charge in [-0.3, -0.25) is 9.52 Å². The number of thioether (sulfide) groups is 1. The molecule has 0 atom stereocenters. The smallest absolute Gasteiger partial charge is 0.406 e. The molecule has 12 heteroatoms. The topological polar surface area (TPSA) is 113 Å². The molecule has 0 amide bonds. The first-order valence-corrected chi connectivity index (χ1v) is 9.99. The van der Waals surface area contributed by atoms with Crippen molar-refractivity contribution in [3.05, 3.63) is 54.1 Å². The summed E-state index contributed by atoms with van der Waals surface area (Å²) >= 11 is 0.620. The number of hydrogen-bond acceptors (Lipinski definition) is 7. The van der Waals surface area contributed by atoms with Crippen LogP contribution in [0.25, 0.3) is 0 Å². The van der Waals surface area contributed by atoms with E-state index in [9.17, 15) is 26.4 Å². The third-order valence-electron chi connectivity index (χ3n) is 3.19. The van der Waals surface area contributed by atoms with Gasteiger partial charge in [0, 0.05) is 11.3 Å². The van der Waals surface area contributed by atoms with Crippen molar-refractivity contribution in [3.8, 4) is 5.75 Å². The van der Waals surface area contributed by atoms with Crippen LogP contribution in [0.15, 0.2) is 53.4 Å². The number of halogens is 3. The summed E-state index contributed by atoms with van der Waals surface area (Å²) in [7, 11) is -4.07. The lowest BCUT2D eigenvalue weighted by atomic mass is 10.1. The normalized spacial score (nSPS) is 12.1. The molecular formula is C16H14F3NO6S2. The monoisotopic (exact) mass is 437 g/mol. The van der Waals surface area contributed by atoms with Gasteiger partial charge < -0.3 is 14.9 Å². The summed E-state index contributed by atoms with van der Waals surface area (Å²) in [5, 5.41) is 17.5. The molecule has 0 saturated carbocycles. The molecule has 0 aliphatic rings. The largest absolute Gasteiger partial charge is 0.573 e. The van der Waals surface area contributed by atoms with E-state index in [0.717, 1.165) is 24.3 Å². The lowest BCUT2D eigenvalue weighted by Gasteiger charge is -2.11. The average Bonchev–Trinajstić information content (AvgIpc) is 2.59. The molecule has 0 fully saturated rings. The third-order valence-corrected chi connectivity index (χ3v) is 5.31. The summed E-state index contributed by atoms with van der Waals surface area (Å²) in [6.07, 6.45) is -4.88. The van der Waals surface area contributed by atoms with Gasteiger partial charge >= 0.3 is 6.36 Å². The van der Waals surface area contributed by atoms with Crippen LogP contribution in [-0.4, -0.2) is 42.2 Å². The van der Waals surface area contributed by atoms with E-state index < -0.39 is 27.8 Å². The van der Waals surface area contributed by atoms with E-state index >= 15 is 0 Å². The maximum atomic E-state index is 12.3. The SMILES string of the molecule is O=C(CSC(O)O)c1ccc(NS(=O)(=O)c2ccc(OC(F)(F)F)cc2)cc1. The number of aliphatic hydroxyl groups excluding tert-OH is 1. The molecule has 28 heavy (non-hydrogen) atoms. The van der Waals surface area contributed by atoms with Gasteiger partial charge in [0.05, 0.1) is 10.6 Å². The van der Waals surface area contributed by atoms with Crippen LogP contribution in [-0.2, 0) is 10.0 Å². The Balaban J connectivity index is 2.06. The summed E-state index contributed by atoms with van der Waals surface area (Å²) < 4.78 is 66.9. The van der Waals surface area contributed by atoms with Crippen molar-refractivity contribution in [2.75, 3.05) is 10.5 Å². The van der Waals surface area contributed by atoms with E-state index in [4.69, 9.17) is 10.2 Å². The summed E-state index contributed by atoms with van der Waals surface area (Å²) in [5.41, 5.74) is -1.31. The van der Waals surface area contributed by atoms with Crippen molar-refractivity contribution in [1.82, 2.24) is 0 Å². The standard InChI is InChI=1S/C16H14F3NO6S2/c17-16(18,19)26-12-5-7-13(8-6-12)28(24,25)20-11-3-1-10(2-4-11)14(21)9-27-15(22)23/h1-8,15,20,22-23H,9H2. The Morgan fingerprint density at radius 3 is 2.14 bits per heavy atom. The van der Waals surface area contributed by atoms with E-state index in [1.165, 1.54) is 24.3 Å². The Bertz CT molecular complexity index is 913. The maximum absolute atomic E-state index is 12.3. The number of Topliss-reactive ketones (excluding diaryl/α,β-unsaturated/α-hetero) is 1. The Hall–Kier alpha value is -2.28. The number of alkyl halides is 3. The molecule has 0 aromatic heterocycles. The number of nitrogens with one attached hydrogen (secondary N) is 1. The number of rotatable bonds is 8. The zero-order valence-corrected chi connectivity index (χ0v) is 15.5. The predicted molar refractivity (Wildman–Crippen MR) is 95.4 cm³/mol. The highest BCUT2D eigenvalue weighted by Gasteiger charge is 2.31. The molecule has 3 N–H and O–H groups in total. The van der Waals surface area contributed by atoms with Gasteiger partial charge in [0.1, 0.15) is 5.75 Å². The van der Waals surface area contributed by atoms with E-state index in [1.54, 1.807) is 0 Å². The van der Waals surface area contributed by atoms with Gasteiger partial charge in [0.15, 0.2) is 5.78 Å². The van der Waals surface area contributed by atoms with E-state index in [1.807, 2.05) is 0 Å². The van der Waals surface area contributed by atoms with Gasteiger partial charge in [-0.25, -0.2) is 8.42 Å². The summed E-state index contributed by atoms with van der Waals surface area (Å²) in [6.45, 7) is 0. The van der Waals surface area contributed by atoms with E-state index in [-0.39, 0.29) is 27.7 Å². The number of ether oxygens (including phenoxy) is 1. The fourth-order valence-electron chi connectivity index (χ4n) is 1.99. The van der Waals surface area contributed by atoms with Crippen LogP contribution in [0.5, 0.6) is 5.75 Å². The van der Waals surface area contributed by atoms with Gasteiger partial charge in [-0.2, -0.15) is 0 Å². The molecular weight excluding hydrogens is 423 g/mol. The highest BCUT2D eigenvalue weighted by molar-refractivity contribution is 8.00. The number of benzene rings is 2. The molecule has 0 spiro atoms. The number of ketones is 1. The fourth-order valence-corrected chi connectivity index (χ4v) is 3.52. The molecule has 152 valence electrons. The molecule has 0 aliphatic heterocycles. The number of hydrogen-bond donors (Lipinski definition) is 3. The van der Waals surface area contributed by atoms with Crippen LogP contribution in [0.1, 0.15) is 10.4 Å². The Labute approximate surface area is 162 Å². The Morgan fingerprint density at radius 2 is 1.64 bits per heavy atom. The molecule has 0 unspecified atom stereocenters. The van der Waals surface area contributed by atoms with Crippen molar-refractivity contribution in [1.29, 1.82) is 0 Å². The Kier molecular flexibility index (Phi) is 6.93. The Morgan fingerprint density at radius 1 is 1.07 bits per heavy atom. The second-order valence-corrected chi connectivity index (χ2v) is 7.99. The molecule has 2 aromatic carbocycles. The number of aliphatic hydroxyl groups is 2. The van der Waals surface area contributed by atoms with Gasteiger partial charge in [-0.15, -0.1) is 13.2 Å². The van der Waals surface area contributed by atoms with Gasteiger partial charge in [0.25, 0.3) is 10.0 Å². The number of sulfonamides is 1. The summed E-state index contributed by atoms with van der Waals surface area (Å²) in [6, 6.07) is 9.01. The van der Waals surface area contributed by atoms with Crippen LogP contribution in [0.2, 0.25) is 0 Å². The van der Waals surface area contributed by atoms with Crippen LogP contribution in [0, 0.1) is 0 Å². The quantitative estimate of drug-likeness (QED) is 0.430. The van der Waals surface area contributed by atoms with Gasteiger partial charge in [-0.05, 0) is 48.5 Å². The van der Waals surface area contributed by atoms with Crippen molar-refractivity contribution >= 4 is 33.3 Å². The van der Waals surface area contributed by atoms with Crippen molar-refractivity contribution in [2.45, 2.75) is 16.9 Å². The molecule has 0 heterocycles. The maximum Gasteiger partial charge on any atom is 0.573 e. The molecule has 0 saturated heterocycles. The molecule has 7 nitrogen and oxygen atoms in total. The van der Waals surface area contributed by atoms with Crippen LogP contribution >= 0.6 is 11.8 Å². The minimum atomic E-state index is -4.88. The zero-order valence-electron chi connectivity index (χ0n) is 13.9. The lowest BCUT2D eigenvalue weighted by molar-refractivity contribution is -0.274. The second kappa shape index (κ2) is 8.82. The van der Waals surface area contributed by atoms with Gasteiger partial charge in [0.2, 0.25) is 5.62 Å². The second-order valence-electron chi connectivity index (χ2n) is 5.26. The minimum absolute atomic E-state index is 0.127. The fraction of sp³-hybridized carbons (Fsp3) is 0.188. The molecule has 2 aromatic rings. The number of anilines is 1. The molecule has 0 bridgehead atoms. The van der Waals surface area contributed by atoms with Crippen molar-refractivity contribution in [3.63, 3.8) is 0 Å². The first-order chi connectivity index (χ1) is 13.0. The predicted octanol–water partition coefficient (Wildman–Crippen LogP) is 2.57. The van der Waals surface area contributed by atoms with E-state index in [2.05, 4.69) is 9.46 Å². The lowest BCUT2D eigenvalue weighted by Crippen LogP contribution is -2.17. The molecule has 0 aliphatic carbocycles. The minimum Gasteiger partial charge on any atom is -0.406 e. The van der Waals surface area contributed by atoms with Crippen LogP contribution in [0.3, 0.4) is 0 Å². The number of carbonyl (C=O) groups excluding carboxylic acids is 1. The molecule has 2 rings (SSSR count). The van der Waals surface area contributed by atoms with Crippen molar-refractivity contribution in [2.24, 2.45) is 0 Å². The zero-order chi connectivity index (χ0) is 20.9. The van der Waals surface area contributed by atoms with Crippen LogP contribution in [0.4, 0.5) is 18.9 Å². The molecule has 0 radical (unpaired) electrons. The average molecular weight is 437 g/mol.